The molecule has 26 heavy (non-hydrogen) atoms. The van der Waals surface area contributed by atoms with E-state index < -0.39 is 0 Å². The fraction of sp³-hybridized carbons (Fsp3) is 0.429. The highest BCUT2D eigenvalue weighted by molar-refractivity contribution is 6.04. The van der Waals surface area contributed by atoms with Crippen molar-refractivity contribution in [2.24, 2.45) is 11.8 Å². The van der Waals surface area contributed by atoms with Gasteiger partial charge in [0.05, 0.1) is 24.9 Å². The number of nitrogens with one attached hydrogen (secondary N) is 1. The molecule has 0 amide bonds. The second-order valence-corrected chi connectivity index (χ2v) is 7.55. The van der Waals surface area contributed by atoms with Gasteiger partial charge in [0.1, 0.15) is 24.9 Å². The average Bonchev–Trinajstić information content (AvgIpc) is 3.06. The van der Waals surface area contributed by atoms with Crippen molar-refractivity contribution in [1.29, 1.82) is 0 Å². The third-order valence-electron chi connectivity index (χ3n) is 6.31. The summed E-state index contributed by atoms with van der Waals surface area (Å²) in [6, 6.07) is 8.51. The van der Waals surface area contributed by atoms with E-state index in [2.05, 4.69) is 40.7 Å². The van der Waals surface area contributed by atoms with Crippen molar-refractivity contribution < 1.29 is 18.8 Å². The lowest BCUT2D eigenvalue weighted by Gasteiger charge is -2.38. The minimum atomic E-state index is -0.270. The molecule has 0 radical (unpaired) electrons. The topological polar surface area (TPSA) is 54.3 Å². The second-order valence-electron chi connectivity index (χ2n) is 7.55. The summed E-state index contributed by atoms with van der Waals surface area (Å²) in [6.07, 6.45) is 3.64. The smallest absolute Gasteiger partial charge is 0.337 e. The molecule has 4 heterocycles. The Morgan fingerprint density at radius 1 is 1.35 bits per heavy atom. The van der Waals surface area contributed by atoms with E-state index in [1.54, 1.807) is 6.26 Å². The van der Waals surface area contributed by atoms with Gasteiger partial charge in [-0.15, -0.1) is 0 Å². The number of hydrogen-bond donors (Lipinski definition) is 1. The molecular formula is C21H23N2O3+. The summed E-state index contributed by atoms with van der Waals surface area (Å²) in [5.41, 5.74) is 5.85. The highest BCUT2D eigenvalue weighted by atomic mass is 16.5. The minimum Gasteiger partial charge on any atom is -0.497 e. The van der Waals surface area contributed by atoms with Gasteiger partial charge >= 0.3 is 5.97 Å². The number of aromatic nitrogens is 1. The molecule has 2 unspecified atom stereocenters. The van der Waals surface area contributed by atoms with Gasteiger partial charge in [0.25, 0.3) is 0 Å². The van der Waals surface area contributed by atoms with Crippen LogP contribution in [0.15, 0.2) is 36.1 Å². The maximum absolute atomic E-state index is 12.3. The molecule has 0 bridgehead atoms. The number of esters is 1. The van der Waals surface area contributed by atoms with E-state index >= 15 is 0 Å². The Morgan fingerprint density at radius 2 is 2.19 bits per heavy atom. The van der Waals surface area contributed by atoms with E-state index in [1.807, 2.05) is 0 Å². The molecule has 0 aliphatic carbocycles. The van der Waals surface area contributed by atoms with Crippen LogP contribution >= 0.6 is 0 Å². The molecule has 1 aromatic heterocycles. The lowest BCUT2D eigenvalue weighted by Crippen LogP contribution is -2.48. The number of hydrogen-bond acceptors (Lipinski definition) is 3. The monoisotopic (exact) mass is 351 g/mol. The molecule has 0 saturated heterocycles. The van der Waals surface area contributed by atoms with E-state index in [0.29, 0.717) is 11.5 Å². The number of carbonyl (C=O) groups is 1. The molecular weight excluding hydrogens is 328 g/mol. The first-order valence-corrected chi connectivity index (χ1v) is 9.32. The van der Waals surface area contributed by atoms with Crippen molar-refractivity contribution in [2.45, 2.75) is 25.9 Å². The van der Waals surface area contributed by atoms with Gasteiger partial charge in [0.15, 0.2) is 0 Å². The van der Waals surface area contributed by atoms with Crippen LogP contribution in [0, 0.1) is 11.8 Å². The zero-order chi connectivity index (χ0) is 17.8. The molecule has 5 rings (SSSR count). The largest absolute Gasteiger partial charge is 0.497 e. The Hall–Kier alpha value is -2.56. The number of carbonyl (C=O) groups excluding carboxylic acids is 1. The molecule has 3 aliphatic heterocycles. The zero-order valence-electron chi connectivity index (χ0n) is 15.1. The van der Waals surface area contributed by atoms with Gasteiger partial charge in [-0.1, -0.05) is 18.2 Å². The number of rotatable bonds is 1. The van der Waals surface area contributed by atoms with Gasteiger partial charge in [0.2, 0.25) is 5.71 Å². The van der Waals surface area contributed by atoms with Crippen molar-refractivity contribution in [2.75, 3.05) is 20.2 Å². The highest BCUT2D eigenvalue weighted by Crippen LogP contribution is 2.39. The molecule has 0 spiro atoms. The first-order chi connectivity index (χ1) is 12.7. The van der Waals surface area contributed by atoms with Gasteiger partial charge < -0.3 is 14.5 Å². The number of benzene rings is 1. The van der Waals surface area contributed by atoms with E-state index in [0.717, 1.165) is 25.9 Å². The Bertz CT molecular complexity index is 969. The fourth-order valence-electron chi connectivity index (χ4n) is 4.92. The Labute approximate surface area is 152 Å². The zero-order valence-corrected chi connectivity index (χ0v) is 15.1. The van der Waals surface area contributed by atoms with Crippen LogP contribution in [-0.4, -0.2) is 47.5 Å². The standard InChI is InChI=1S/C21H22N2O3/c1-12-16-10-23-8-7-14-13-5-3-4-6-18(13)22-20(14)19(23)9-15(16)17(11-26-12)21(24)25-2/h3-6,11-12,15-16H,7-10H2,1-2H3/p+1/t12?,15-,16?/m1/s1. The quantitative estimate of drug-likeness (QED) is 0.635. The number of nitrogens with zero attached hydrogens (tertiary/aromatic N) is 1. The second kappa shape index (κ2) is 5.73. The number of ether oxygens (including phenoxy) is 2. The molecule has 134 valence electrons. The first kappa shape index (κ1) is 15.7. The first-order valence-electron chi connectivity index (χ1n) is 9.32. The summed E-state index contributed by atoms with van der Waals surface area (Å²) in [5.74, 6) is 0.187. The molecule has 0 saturated carbocycles. The van der Waals surface area contributed by atoms with Crippen LogP contribution in [-0.2, 0) is 20.7 Å². The molecule has 1 aromatic carbocycles. The number of H-pyrrole nitrogens is 1. The number of para-hydroxylation sites is 1. The van der Waals surface area contributed by atoms with Crippen molar-refractivity contribution in [3.63, 3.8) is 0 Å². The number of methoxy groups -OCH3 is 1. The van der Waals surface area contributed by atoms with Crippen LogP contribution in [0.3, 0.4) is 0 Å². The predicted molar refractivity (Wildman–Crippen MR) is 98.3 cm³/mol. The van der Waals surface area contributed by atoms with Crippen molar-refractivity contribution in [1.82, 2.24) is 4.98 Å². The normalized spacial score (nSPS) is 27.2. The maximum atomic E-state index is 12.3. The summed E-state index contributed by atoms with van der Waals surface area (Å²) >= 11 is 0. The number of aromatic amines is 1. The molecule has 5 nitrogen and oxygen atoms in total. The van der Waals surface area contributed by atoms with Crippen molar-refractivity contribution in [3.8, 4) is 0 Å². The fourth-order valence-corrected chi connectivity index (χ4v) is 4.92. The van der Waals surface area contributed by atoms with Gasteiger partial charge in [-0.3, -0.25) is 0 Å². The molecule has 1 N–H and O–H groups in total. The van der Waals surface area contributed by atoms with Crippen LogP contribution in [0.2, 0.25) is 0 Å². The van der Waals surface area contributed by atoms with Crippen molar-refractivity contribution in [3.05, 3.63) is 47.4 Å². The lowest BCUT2D eigenvalue weighted by molar-refractivity contribution is -0.545. The van der Waals surface area contributed by atoms with E-state index in [4.69, 9.17) is 9.47 Å². The average molecular weight is 351 g/mol. The summed E-state index contributed by atoms with van der Waals surface area (Å²) < 4.78 is 13.3. The van der Waals surface area contributed by atoms with Crippen LogP contribution in [0.5, 0.6) is 0 Å². The summed E-state index contributed by atoms with van der Waals surface area (Å²) in [5, 5.41) is 1.32. The summed E-state index contributed by atoms with van der Waals surface area (Å²) in [4.78, 5) is 15.9. The van der Waals surface area contributed by atoms with Crippen LogP contribution in [0.25, 0.3) is 10.9 Å². The van der Waals surface area contributed by atoms with Crippen LogP contribution in [0.1, 0.15) is 24.6 Å². The van der Waals surface area contributed by atoms with Crippen LogP contribution in [0.4, 0.5) is 0 Å². The predicted octanol–water partition coefficient (Wildman–Crippen LogP) is 2.64. The van der Waals surface area contributed by atoms with Gasteiger partial charge in [0, 0.05) is 29.7 Å². The molecule has 0 fully saturated rings. The molecule has 3 aliphatic rings. The third kappa shape index (κ3) is 2.16. The van der Waals surface area contributed by atoms with Gasteiger partial charge in [-0.25, -0.2) is 9.37 Å². The Balaban J connectivity index is 1.60. The number of fused-ring (bicyclic) bond motifs is 5. The van der Waals surface area contributed by atoms with E-state index in [-0.39, 0.29) is 18.0 Å². The van der Waals surface area contributed by atoms with E-state index in [1.165, 1.54) is 35.0 Å². The maximum Gasteiger partial charge on any atom is 0.337 e. The third-order valence-corrected chi connectivity index (χ3v) is 6.31. The molecule has 5 heteroatoms. The van der Waals surface area contributed by atoms with Crippen molar-refractivity contribution >= 4 is 22.6 Å². The van der Waals surface area contributed by atoms with Gasteiger partial charge in [-0.2, -0.15) is 0 Å². The summed E-state index contributed by atoms with van der Waals surface area (Å²) in [7, 11) is 1.44. The highest BCUT2D eigenvalue weighted by Gasteiger charge is 2.47. The summed E-state index contributed by atoms with van der Waals surface area (Å²) in [6.45, 7) is 4.05. The lowest BCUT2D eigenvalue weighted by atomic mass is 9.74. The minimum absolute atomic E-state index is 0.110. The van der Waals surface area contributed by atoms with Crippen LogP contribution < -0.4 is 0 Å². The molecule has 3 atom stereocenters. The SMILES string of the molecule is COC(=O)C1=COC(C)C2C[N+]3=C(C[C@@H]12)c1[nH]c2ccccc2c1CC3. The Kier molecular flexibility index (Phi) is 3.45. The molecule has 2 aromatic rings. The van der Waals surface area contributed by atoms with E-state index in [9.17, 15) is 4.79 Å². The Morgan fingerprint density at radius 3 is 3.04 bits per heavy atom. The van der Waals surface area contributed by atoms with Gasteiger partial charge in [-0.05, 0) is 18.6 Å².